The van der Waals surface area contributed by atoms with Crippen molar-refractivity contribution in [2.24, 2.45) is 5.92 Å². The first-order valence-corrected chi connectivity index (χ1v) is 9.75. The number of carbonyl (C=O) groups is 1. The summed E-state index contributed by atoms with van der Waals surface area (Å²) < 4.78 is 3.94. The summed E-state index contributed by atoms with van der Waals surface area (Å²) in [6.45, 7) is 0.867. The summed E-state index contributed by atoms with van der Waals surface area (Å²) in [4.78, 5) is 13.2. The monoisotopic (exact) mass is 370 g/mol. The maximum absolute atomic E-state index is 10.9. The number of aromatic nitrogens is 1. The van der Waals surface area contributed by atoms with Gasteiger partial charge in [0.2, 0.25) is 0 Å². The molecule has 2 heterocycles. The fraction of sp³-hybridized carbons (Fsp3) is 0.400. The van der Waals surface area contributed by atoms with Gasteiger partial charge in [0, 0.05) is 0 Å². The van der Waals surface area contributed by atoms with Crippen molar-refractivity contribution < 1.29 is 31.1 Å². The Morgan fingerprint density at radius 3 is 3.00 bits per heavy atom. The van der Waals surface area contributed by atoms with Gasteiger partial charge < -0.3 is 0 Å². The van der Waals surface area contributed by atoms with E-state index in [4.69, 9.17) is 5.11 Å². The van der Waals surface area contributed by atoms with Gasteiger partial charge in [-0.05, 0) is 0 Å². The molecular weight excluding hydrogens is 353 g/mol. The number of para-hydroxylation sites is 1. The molecule has 1 aliphatic heterocycles. The van der Waals surface area contributed by atoms with E-state index in [1.807, 2.05) is 0 Å². The van der Waals surface area contributed by atoms with Crippen LogP contribution in [0.25, 0.3) is 10.9 Å². The van der Waals surface area contributed by atoms with Crippen molar-refractivity contribution in [2.75, 3.05) is 4.93 Å². The number of aliphatic carboxylic acids is 1. The number of hydrogen-bond donors (Lipinski definition) is 1. The number of alkyl halides is 1. The van der Waals surface area contributed by atoms with Crippen LogP contribution in [0.5, 0.6) is 0 Å². The Labute approximate surface area is 122 Å². The molecule has 1 unspecified atom stereocenters. The molecule has 0 spiro atoms. The molecule has 0 saturated heterocycles. The Morgan fingerprint density at radius 1 is 1.47 bits per heavy atom. The summed E-state index contributed by atoms with van der Waals surface area (Å²) in [5, 5.41) is 10.4. The van der Waals surface area contributed by atoms with Crippen LogP contribution in [0.2, 0.25) is 0 Å². The summed E-state index contributed by atoms with van der Waals surface area (Å²) in [5.41, 5.74) is 2.77. The van der Waals surface area contributed by atoms with Crippen LogP contribution in [0.1, 0.15) is 18.5 Å². The molecule has 102 valence electrons. The van der Waals surface area contributed by atoms with Crippen molar-refractivity contribution in [1.29, 1.82) is 0 Å². The van der Waals surface area contributed by atoms with Crippen LogP contribution in [0, 0.1) is 9.49 Å². The van der Waals surface area contributed by atoms with Gasteiger partial charge >= 0.3 is 123 Å². The first-order chi connectivity index (χ1) is 9.20. The molecular formula is C15H17INO2-. The predicted octanol–water partition coefficient (Wildman–Crippen LogP) is -0.433. The van der Waals surface area contributed by atoms with Crippen LogP contribution in [0.15, 0.2) is 24.3 Å². The average molecular weight is 370 g/mol. The van der Waals surface area contributed by atoms with E-state index in [9.17, 15) is 4.79 Å². The SMILES string of the molecule is C[I-]c1c2n(c3ccccc13)CC(CC(=O)O)CC2. The van der Waals surface area contributed by atoms with Crippen molar-refractivity contribution in [1.82, 2.24) is 4.57 Å². The van der Waals surface area contributed by atoms with Crippen LogP contribution >= 0.6 is 0 Å². The average Bonchev–Trinajstić information content (AvgIpc) is 2.71. The molecule has 1 N–H and O–H groups in total. The molecule has 3 rings (SSSR count). The van der Waals surface area contributed by atoms with Crippen molar-refractivity contribution in [2.45, 2.75) is 25.8 Å². The van der Waals surface area contributed by atoms with Gasteiger partial charge in [-0.25, -0.2) is 0 Å². The molecule has 0 bridgehead atoms. The van der Waals surface area contributed by atoms with E-state index >= 15 is 0 Å². The minimum absolute atomic E-state index is 0.0587. The number of hydrogen-bond acceptors (Lipinski definition) is 1. The number of fused-ring (bicyclic) bond motifs is 3. The minimum atomic E-state index is -0.673. The number of nitrogens with zero attached hydrogens (tertiary/aromatic N) is 1. The zero-order valence-electron chi connectivity index (χ0n) is 10.9. The summed E-state index contributed by atoms with van der Waals surface area (Å²) in [6.07, 6.45) is 2.34. The number of benzene rings is 1. The third-order valence-electron chi connectivity index (χ3n) is 3.89. The van der Waals surface area contributed by atoms with Crippen LogP contribution in [0.4, 0.5) is 0 Å². The maximum atomic E-state index is 10.9. The van der Waals surface area contributed by atoms with Crippen LogP contribution in [-0.2, 0) is 17.8 Å². The van der Waals surface area contributed by atoms with E-state index in [-0.39, 0.29) is 27.1 Å². The van der Waals surface area contributed by atoms with Gasteiger partial charge in [0.1, 0.15) is 0 Å². The van der Waals surface area contributed by atoms with Gasteiger partial charge in [0.05, 0.1) is 0 Å². The molecule has 0 fully saturated rings. The van der Waals surface area contributed by atoms with Crippen molar-refractivity contribution in [3.8, 4) is 0 Å². The normalized spacial score (nSPS) is 18.7. The van der Waals surface area contributed by atoms with E-state index < -0.39 is 5.97 Å². The first kappa shape index (κ1) is 13.0. The van der Waals surface area contributed by atoms with Gasteiger partial charge in [-0.15, -0.1) is 0 Å². The van der Waals surface area contributed by atoms with Gasteiger partial charge in [0.25, 0.3) is 0 Å². The van der Waals surface area contributed by atoms with Crippen molar-refractivity contribution in [3.63, 3.8) is 0 Å². The Kier molecular flexibility index (Phi) is 3.52. The molecule has 0 radical (unpaired) electrons. The standard InChI is InChI=1S/C15H17INO2/c1-16-15-11-4-2-3-5-12(11)17-9-10(8-14(18)19)6-7-13(15)17/h2-5,10H,6-9H2,1H3,(H,18,19)/q-1. The number of carboxylic acids is 1. The van der Waals surface area contributed by atoms with Crippen LogP contribution in [-0.4, -0.2) is 20.6 Å². The number of carboxylic acid groups (broad SMARTS) is 1. The van der Waals surface area contributed by atoms with Gasteiger partial charge in [0.15, 0.2) is 0 Å². The summed E-state index contributed by atoms with van der Waals surface area (Å²) in [6, 6.07) is 8.57. The molecule has 2 aromatic rings. The fourth-order valence-electron chi connectivity index (χ4n) is 3.08. The molecule has 1 aromatic carbocycles. The van der Waals surface area contributed by atoms with Crippen LogP contribution in [0.3, 0.4) is 0 Å². The zero-order valence-corrected chi connectivity index (χ0v) is 13.1. The third kappa shape index (κ3) is 2.26. The van der Waals surface area contributed by atoms with E-state index in [1.54, 1.807) is 3.57 Å². The Balaban J connectivity index is 2.06. The van der Waals surface area contributed by atoms with E-state index in [1.165, 1.54) is 16.6 Å². The Hall–Kier alpha value is -1.04. The number of halogens is 1. The van der Waals surface area contributed by atoms with E-state index in [0.717, 1.165) is 19.4 Å². The second-order valence-corrected chi connectivity index (χ2v) is 7.24. The molecule has 0 aliphatic carbocycles. The summed E-state index contributed by atoms with van der Waals surface area (Å²) in [5.74, 6) is -0.392. The van der Waals surface area contributed by atoms with Gasteiger partial charge in [-0.2, -0.15) is 0 Å². The molecule has 19 heavy (non-hydrogen) atoms. The summed E-state index contributed by atoms with van der Waals surface area (Å²) >= 11 is 0.0587. The van der Waals surface area contributed by atoms with Gasteiger partial charge in [-0.3, -0.25) is 0 Å². The second-order valence-electron chi connectivity index (χ2n) is 5.08. The molecule has 1 aliphatic rings. The first-order valence-electron chi connectivity index (χ1n) is 6.52. The zero-order chi connectivity index (χ0) is 13.4. The fourth-order valence-corrected chi connectivity index (χ4v) is 5.30. The quantitative estimate of drug-likeness (QED) is 0.589. The molecule has 0 amide bonds. The summed E-state index contributed by atoms with van der Waals surface area (Å²) in [7, 11) is 0. The third-order valence-corrected chi connectivity index (χ3v) is 6.18. The topological polar surface area (TPSA) is 42.2 Å². The molecule has 4 heteroatoms. The Morgan fingerprint density at radius 2 is 2.26 bits per heavy atom. The molecule has 3 nitrogen and oxygen atoms in total. The Bertz CT molecular complexity index is 632. The van der Waals surface area contributed by atoms with E-state index in [0.29, 0.717) is 6.42 Å². The van der Waals surface area contributed by atoms with Crippen molar-refractivity contribution >= 4 is 16.9 Å². The van der Waals surface area contributed by atoms with Crippen LogP contribution < -0.4 is 21.2 Å². The molecule has 1 aromatic heterocycles. The second kappa shape index (κ2) is 5.15. The van der Waals surface area contributed by atoms with Gasteiger partial charge in [-0.1, -0.05) is 0 Å². The number of rotatable bonds is 3. The molecule has 0 saturated carbocycles. The van der Waals surface area contributed by atoms with Crippen molar-refractivity contribution in [3.05, 3.63) is 33.5 Å². The predicted molar refractivity (Wildman–Crippen MR) is 70.6 cm³/mol. The molecule has 1 atom stereocenters. The van der Waals surface area contributed by atoms with E-state index in [2.05, 4.69) is 33.8 Å².